The SMILES string of the molecule is C=CCn1c(C)cc(C(=O)COC(=O)c2ncc(Cl)c(Cl)c2Cl)c1C. The summed E-state index contributed by atoms with van der Waals surface area (Å²) in [5.74, 6) is -1.18. The molecule has 5 nitrogen and oxygen atoms in total. The first kappa shape index (κ1) is 19.5. The van der Waals surface area contributed by atoms with Crippen LogP contribution in [0.4, 0.5) is 0 Å². The van der Waals surface area contributed by atoms with Gasteiger partial charge in [0.2, 0.25) is 5.78 Å². The Morgan fingerprint density at radius 2 is 1.96 bits per heavy atom. The summed E-state index contributed by atoms with van der Waals surface area (Å²) in [6.07, 6.45) is 2.93. The highest BCUT2D eigenvalue weighted by Gasteiger charge is 2.21. The first-order valence-corrected chi connectivity index (χ1v) is 8.38. The second-order valence-electron chi connectivity index (χ2n) is 5.27. The van der Waals surface area contributed by atoms with E-state index in [2.05, 4.69) is 11.6 Å². The molecule has 2 aromatic rings. The highest BCUT2D eigenvalue weighted by molar-refractivity contribution is 6.48. The number of hydrogen-bond donors (Lipinski definition) is 0. The lowest BCUT2D eigenvalue weighted by molar-refractivity contribution is 0.0469. The Balaban J connectivity index is 2.13. The quantitative estimate of drug-likeness (QED) is 0.400. The summed E-state index contributed by atoms with van der Waals surface area (Å²) in [5.41, 5.74) is 1.99. The van der Waals surface area contributed by atoms with Gasteiger partial charge in [-0.05, 0) is 19.9 Å². The summed E-state index contributed by atoms with van der Waals surface area (Å²) in [6, 6.07) is 1.75. The standard InChI is InChI=1S/C17H15Cl3N2O3/c1-4-5-22-9(2)6-11(10(22)3)13(23)8-25-17(24)16-15(20)14(19)12(18)7-21-16/h4,6-7H,1,5,8H2,2-3H3. The van der Waals surface area contributed by atoms with E-state index in [1.807, 2.05) is 18.4 Å². The molecule has 0 aromatic carbocycles. The first-order valence-electron chi connectivity index (χ1n) is 7.25. The largest absolute Gasteiger partial charge is 0.453 e. The second kappa shape index (κ2) is 8.04. The Labute approximate surface area is 160 Å². The molecule has 25 heavy (non-hydrogen) atoms. The molecule has 132 valence electrons. The van der Waals surface area contributed by atoms with Crippen molar-refractivity contribution in [3.63, 3.8) is 0 Å². The molecule has 2 heterocycles. The Bertz CT molecular complexity index is 859. The Morgan fingerprint density at radius 3 is 2.60 bits per heavy atom. The maximum absolute atomic E-state index is 12.4. The van der Waals surface area contributed by atoms with Crippen LogP contribution in [0.2, 0.25) is 15.1 Å². The average molecular weight is 402 g/mol. The molecule has 8 heteroatoms. The fraction of sp³-hybridized carbons (Fsp3) is 0.235. The smallest absolute Gasteiger partial charge is 0.358 e. The van der Waals surface area contributed by atoms with Crippen molar-refractivity contribution in [2.24, 2.45) is 0 Å². The lowest BCUT2D eigenvalue weighted by Crippen LogP contribution is -2.16. The van der Waals surface area contributed by atoms with E-state index in [-0.39, 0.29) is 26.5 Å². The summed E-state index contributed by atoms with van der Waals surface area (Å²) in [6.45, 7) is 7.56. The number of ketones is 1. The molecule has 0 atom stereocenters. The molecule has 0 spiro atoms. The van der Waals surface area contributed by atoms with E-state index in [9.17, 15) is 9.59 Å². The van der Waals surface area contributed by atoms with Crippen molar-refractivity contribution in [2.45, 2.75) is 20.4 Å². The van der Waals surface area contributed by atoms with Crippen LogP contribution in [-0.4, -0.2) is 27.9 Å². The molecule has 0 aliphatic rings. The molecule has 0 N–H and O–H groups in total. The minimum atomic E-state index is -0.850. The van der Waals surface area contributed by atoms with Gasteiger partial charge in [-0.25, -0.2) is 9.78 Å². The van der Waals surface area contributed by atoms with Crippen LogP contribution in [0.25, 0.3) is 0 Å². The third-order valence-electron chi connectivity index (χ3n) is 3.63. The number of pyridine rings is 1. The Kier molecular flexibility index (Phi) is 6.27. The van der Waals surface area contributed by atoms with Crippen LogP contribution < -0.4 is 0 Å². The van der Waals surface area contributed by atoms with Gasteiger partial charge in [-0.2, -0.15) is 0 Å². The van der Waals surface area contributed by atoms with Gasteiger partial charge in [-0.3, -0.25) is 4.79 Å². The predicted octanol–water partition coefficient (Wildman–Crippen LogP) is 4.69. The molecule has 0 amide bonds. The molecule has 2 aromatic heterocycles. The van der Waals surface area contributed by atoms with Crippen LogP contribution >= 0.6 is 34.8 Å². The number of Topliss-reactive ketones (excluding diaryl/α,β-unsaturated/α-hetero) is 1. The molecule has 0 bridgehead atoms. The van der Waals surface area contributed by atoms with Crippen molar-refractivity contribution < 1.29 is 14.3 Å². The molecular weight excluding hydrogens is 387 g/mol. The van der Waals surface area contributed by atoms with Gasteiger partial charge in [0.05, 0.1) is 15.1 Å². The number of carbonyl (C=O) groups is 2. The molecule has 0 aliphatic carbocycles. The summed E-state index contributed by atoms with van der Waals surface area (Å²) in [7, 11) is 0. The van der Waals surface area contributed by atoms with Crippen molar-refractivity contribution >= 4 is 46.6 Å². The number of nitrogens with zero attached hydrogens (tertiary/aromatic N) is 2. The van der Waals surface area contributed by atoms with Gasteiger partial charge in [0.15, 0.2) is 12.3 Å². The van der Waals surface area contributed by atoms with Gasteiger partial charge >= 0.3 is 5.97 Å². The number of halogens is 3. The first-order chi connectivity index (χ1) is 11.8. The van der Waals surface area contributed by atoms with E-state index in [1.165, 1.54) is 6.20 Å². The zero-order chi connectivity index (χ0) is 18.7. The summed E-state index contributed by atoms with van der Waals surface area (Å²) >= 11 is 17.6. The van der Waals surface area contributed by atoms with Crippen LogP contribution in [0.3, 0.4) is 0 Å². The van der Waals surface area contributed by atoms with Crippen LogP contribution in [0.1, 0.15) is 32.2 Å². The van der Waals surface area contributed by atoms with Crippen molar-refractivity contribution in [3.05, 3.63) is 62.6 Å². The van der Waals surface area contributed by atoms with Crippen molar-refractivity contribution in [1.82, 2.24) is 9.55 Å². The Hall–Kier alpha value is -1.82. The lowest BCUT2D eigenvalue weighted by atomic mass is 10.1. The van der Waals surface area contributed by atoms with Gasteiger partial charge in [-0.15, -0.1) is 6.58 Å². The molecule has 0 saturated heterocycles. The lowest BCUT2D eigenvalue weighted by Gasteiger charge is -2.08. The molecule has 2 rings (SSSR count). The minimum absolute atomic E-state index is 0.00424. The van der Waals surface area contributed by atoms with Crippen molar-refractivity contribution in [1.29, 1.82) is 0 Å². The van der Waals surface area contributed by atoms with Gasteiger partial charge in [-0.1, -0.05) is 40.9 Å². The van der Waals surface area contributed by atoms with Crippen molar-refractivity contribution in [2.75, 3.05) is 6.61 Å². The zero-order valence-corrected chi connectivity index (χ0v) is 15.9. The summed E-state index contributed by atoms with van der Waals surface area (Å²) in [4.78, 5) is 28.2. The van der Waals surface area contributed by atoms with Gasteiger partial charge in [0.1, 0.15) is 0 Å². The molecular formula is C17H15Cl3N2O3. The molecule has 0 radical (unpaired) electrons. The number of rotatable bonds is 6. The van der Waals surface area contributed by atoms with E-state index >= 15 is 0 Å². The summed E-state index contributed by atoms with van der Waals surface area (Å²) in [5, 5.41) is 0.00862. The van der Waals surface area contributed by atoms with E-state index in [1.54, 1.807) is 12.1 Å². The molecule has 0 aliphatic heterocycles. The van der Waals surface area contributed by atoms with E-state index in [0.717, 1.165) is 11.4 Å². The number of esters is 1. The number of allylic oxidation sites excluding steroid dienone is 1. The van der Waals surface area contributed by atoms with E-state index < -0.39 is 12.6 Å². The highest BCUT2D eigenvalue weighted by atomic mass is 35.5. The van der Waals surface area contributed by atoms with Crippen LogP contribution in [-0.2, 0) is 11.3 Å². The van der Waals surface area contributed by atoms with Crippen LogP contribution in [0, 0.1) is 13.8 Å². The fourth-order valence-corrected chi connectivity index (χ4v) is 2.91. The normalized spacial score (nSPS) is 10.6. The van der Waals surface area contributed by atoms with Crippen molar-refractivity contribution in [3.8, 4) is 0 Å². The van der Waals surface area contributed by atoms with Crippen LogP contribution in [0.5, 0.6) is 0 Å². The number of aryl methyl sites for hydroxylation is 1. The number of aromatic nitrogens is 2. The number of hydrogen-bond acceptors (Lipinski definition) is 4. The molecule has 0 fully saturated rings. The van der Waals surface area contributed by atoms with E-state index in [0.29, 0.717) is 12.1 Å². The zero-order valence-electron chi connectivity index (χ0n) is 13.6. The number of carbonyl (C=O) groups excluding carboxylic acids is 2. The van der Waals surface area contributed by atoms with Gasteiger partial charge in [0.25, 0.3) is 0 Å². The number of ether oxygens (including phenoxy) is 1. The molecule has 0 unspecified atom stereocenters. The van der Waals surface area contributed by atoms with Gasteiger partial charge < -0.3 is 9.30 Å². The topological polar surface area (TPSA) is 61.2 Å². The fourth-order valence-electron chi connectivity index (χ4n) is 2.36. The average Bonchev–Trinajstić information content (AvgIpc) is 2.86. The van der Waals surface area contributed by atoms with Crippen LogP contribution in [0.15, 0.2) is 24.9 Å². The monoisotopic (exact) mass is 400 g/mol. The minimum Gasteiger partial charge on any atom is -0.453 e. The second-order valence-corrected chi connectivity index (χ2v) is 6.43. The molecule has 0 saturated carbocycles. The highest BCUT2D eigenvalue weighted by Crippen LogP contribution is 2.31. The predicted molar refractivity (Wildman–Crippen MR) is 98.0 cm³/mol. The Morgan fingerprint density at radius 1 is 1.28 bits per heavy atom. The summed E-state index contributed by atoms with van der Waals surface area (Å²) < 4.78 is 6.96. The van der Waals surface area contributed by atoms with Gasteiger partial charge in [0, 0.05) is 29.7 Å². The maximum Gasteiger partial charge on any atom is 0.358 e. The third-order valence-corrected chi connectivity index (χ3v) is 4.87. The maximum atomic E-state index is 12.4. The van der Waals surface area contributed by atoms with E-state index in [4.69, 9.17) is 39.5 Å². The third kappa shape index (κ3) is 4.06.